The fraction of sp³-hybridized carbons (Fsp3) is 0.391. The van der Waals surface area contributed by atoms with Gasteiger partial charge in [-0.1, -0.05) is 42.8 Å². The quantitative estimate of drug-likeness (QED) is 0.586. The van der Waals surface area contributed by atoms with Crippen molar-refractivity contribution in [2.75, 3.05) is 31.3 Å². The molecule has 0 saturated heterocycles. The first-order valence-electron chi connectivity index (χ1n) is 10.3. The van der Waals surface area contributed by atoms with Crippen molar-refractivity contribution in [3.63, 3.8) is 0 Å². The summed E-state index contributed by atoms with van der Waals surface area (Å²) in [5.41, 5.74) is 2.23. The molecule has 0 spiro atoms. The van der Waals surface area contributed by atoms with Crippen LogP contribution < -0.4 is 14.4 Å². The van der Waals surface area contributed by atoms with E-state index in [9.17, 15) is 18.0 Å². The monoisotopic (exact) mass is 461 g/mol. The van der Waals surface area contributed by atoms with E-state index in [2.05, 4.69) is 5.32 Å². The summed E-state index contributed by atoms with van der Waals surface area (Å²) >= 11 is 0. The molecule has 0 aliphatic heterocycles. The molecule has 0 saturated carbocycles. The van der Waals surface area contributed by atoms with Gasteiger partial charge in [0.2, 0.25) is 21.8 Å². The fourth-order valence-corrected chi connectivity index (χ4v) is 4.20. The average molecular weight is 462 g/mol. The molecule has 2 aromatic rings. The summed E-state index contributed by atoms with van der Waals surface area (Å²) in [7, 11) is -0.786. The topological polar surface area (TPSA) is 96.0 Å². The molecule has 174 valence electrons. The molecular weight excluding hydrogens is 430 g/mol. The SMILES string of the molecule is CCC(C(=O)NC)N(Cc1ccc(C)cc1)C(=O)CN(c1cccc(OC)c1)S(C)(=O)=O. The number of anilines is 1. The number of nitrogens with one attached hydrogen (secondary N) is 1. The van der Waals surface area contributed by atoms with E-state index in [0.717, 1.165) is 21.7 Å². The van der Waals surface area contributed by atoms with Crippen molar-refractivity contribution in [3.05, 3.63) is 59.7 Å². The van der Waals surface area contributed by atoms with Crippen LogP contribution in [0.25, 0.3) is 0 Å². The lowest BCUT2D eigenvalue weighted by Gasteiger charge is -2.32. The molecule has 1 N–H and O–H groups in total. The van der Waals surface area contributed by atoms with Gasteiger partial charge in [0.15, 0.2) is 0 Å². The first-order chi connectivity index (χ1) is 15.1. The average Bonchev–Trinajstić information content (AvgIpc) is 2.77. The number of nitrogens with zero attached hydrogens (tertiary/aromatic N) is 2. The van der Waals surface area contributed by atoms with E-state index in [1.165, 1.54) is 19.1 Å². The third kappa shape index (κ3) is 6.46. The van der Waals surface area contributed by atoms with Crippen LogP contribution in [0.2, 0.25) is 0 Å². The van der Waals surface area contributed by atoms with Crippen LogP contribution in [0.3, 0.4) is 0 Å². The van der Waals surface area contributed by atoms with Gasteiger partial charge in [-0.25, -0.2) is 8.42 Å². The van der Waals surface area contributed by atoms with Gasteiger partial charge in [-0.15, -0.1) is 0 Å². The highest BCUT2D eigenvalue weighted by atomic mass is 32.2. The minimum absolute atomic E-state index is 0.181. The Morgan fingerprint density at radius 1 is 1.12 bits per heavy atom. The van der Waals surface area contributed by atoms with E-state index in [-0.39, 0.29) is 12.5 Å². The minimum Gasteiger partial charge on any atom is -0.497 e. The van der Waals surface area contributed by atoms with E-state index in [4.69, 9.17) is 4.74 Å². The van der Waals surface area contributed by atoms with Gasteiger partial charge in [-0.05, 0) is 31.0 Å². The van der Waals surface area contributed by atoms with Gasteiger partial charge in [-0.3, -0.25) is 13.9 Å². The molecule has 32 heavy (non-hydrogen) atoms. The lowest BCUT2D eigenvalue weighted by atomic mass is 10.1. The second kappa shape index (κ2) is 11.0. The predicted molar refractivity (Wildman–Crippen MR) is 125 cm³/mol. The van der Waals surface area contributed by atoms with Crippen molar-refractivity contribution in [1.82, 2.24) is 10.2 Å². The zero-order valence-electron chi connectivity index (χ0n) is 19.2. The van der Waals surface area contributed by atoms with Crippen molar-refractivity contribution in [2.45, 2.75) is 32.9 Å². The van der Waals surface area contributed by atoms with Crippen LogP contribution in [-0.2, 0) is 26.2 Å². The maximum absolute atomic E-state index is 13.4. The number of hydrogen-bond donors (Lipinski definition) is 1. The summed E-state index contributed by atoms with van der Waals surface area (Å²) < 4.78 is 31.3. The molecule has 2 rings (SSSR count). The maximum Gasteiger partial charge on any atom is 0.244 e. The third-order valence-electron chi connectivity index (χ3n) is 5.13. The number of ether oxygens (including phenoxy) is 1. The molecule has 0 aliphatic rings. The third-order valence-corrected chi connectivity index (χ3v) is 6.27. The van der Waals surface area contributed by atoms with Gasteiger partial charge in [0, 0.05) is 19.7 Å². The van der Waals surface area contributed by atoms with Crippen LogP contribution in [0.1, 0.15) is 24.5 Å². The molecule has 1 atom stereocenters. The van der Waals surface area contributed by atoms with Crippen LogP contribution in [0.15, 0.2) is 48.5 Å². The number of rotatable bonds is 10. The Morgan fingerprint density at radius 3 is 2.31 bits per heavy atom. The number of benzene rings is 2. The van der Waals surface area contributed by atoms with E-state index in [1.54, 1.807) is 24.3 Å². The number of amides is 2. The summed E-state index contributed by atoms with van der Waals surface area (Å²) in [5, 5.41) is 2.60. The van der Waals surface area contributed by atoms with Crippen molar-refractivity contribution in [3.8, 4) is 5.75 Å². The molecule has 0 heterocycles. The Morgan fingerprint density at radius 2 is 1.78 bits per heavy atom. The lowest BCUT2D eigenvalue weighted by molar-refractivity contribution is -0.140. The van der Waals surface area contributed by atoms with E-state index >= 15 is 0 Å². The molecule has 0 aliphatic carbocycles. The van der Waals surface area contributed by atoms with E-state index < -0.39 is 28.5 Å². The van der Waals surface area contributed by atoms with Crippen molar-refractivity contribution in [2.24, 2.45) is 0 Å². The second-order valence-corrected chi connectivity index (χ2v) is 9.42. The molecule has 1 unspecified atom stereocenters. The molecule has 0 bridgehead atoms. The summed E-state index contributed by atoms with van der Waals surface area (Å²) in [4.78, 5) is 27.4. The standard InChI is InChI=1S/C23H31N3O5S/c1-6-21(23(28)24-3)25(15-18-12-10-17(2)11-13-18)22(27)16-26(32(5,29)30)19-8-7-9-20(14-19)31-4/h7-14,21H,6,15-16H2,1-5H3,(H,24,28). The number of likely N-dealkylation sites (N-methyl/N-ethyl adjacent to an activating group) is 1. The van der Waals surface area contributed by atoms with Crippen LogP contribution in [0.5, 0.6) is 5.75 Å². The van der Waals surface area contributed by atoms with Crippen molar-refractivity contribution in [1.29, 1.82) is 0 Å². The Kier molecular flexibility index (Phi) is 8.65. The Balaban J connectivity index is 2.42. The molecule has 2 aromatic carbocycles. The summed E-state index contributed by atoms with van der Waals surface area (Å²) in [6.07, 6.45) is 1.43. The summed E-state index contributed by atoms with van der Waals surface area (Å²) in [5.74, 6) is -0.313. The molecule has 0 fully saturated rings. The molecule has 8 nitrogen and oxygen atoms in total. The van der Waals surface area contributed by atoms with Gasteiger partial charge in [0.25, 0.3) is 0 Å². The van der Waals surface area contributed by atoms with Crippen LogP contribution in [-0.4, -0.2) is 58.1 Å². The zero-order valence-corrected chi connectivity index (χ0v) is 20.0. The van der Waals surface area contributed by atoms with E-state index in [0.29, 0.717) is 17.9 Å². The van der Waals surface area contributed by atoms with Gasteiger partial charge < -0.3 is 15.0 Å². The zero-order chi connectivity index (χ0) is 23.9. The van der Waals surface area contributed by atoms with Crippen molar-refractivity contribution < 1.29 is 22.7 Å². The maximum atomic E-state index is 13.4. The normalized spacial score (nSPS) is 12.0. The number of hydrogen-bond acceptors (Lipinski definition) is 5. The molecule has 2 amide bonds. The fourth-order valence-electron chi connectivity index (χ4n) is 3.36. The van der Waals surface area contributed by atoms with Gasteiger partial charge in [0.1, 0.15) is 18.3 Å². The number of carbonyl (C=O) groups is 2. The second-order valence-electron chi connectivity index (χ2n) is 7.52. The number of methoxy groups -OCH3 is 1. The number of carbonyl (C=O) groups excluding carboxylic acids is 2. The Labute approximate surface area is 190 Å². The Hall–Kier alpha value is -3.07. The largest absolute Gasteiger partial charge is 0.497 e. The predicted octanol–water partition coefficient (Wildman–Crippen LogP) is 2.32. The van der Waals surface area contributed by atoms with Gasteiger partial charge in [-0.2, -0.15) is 0 Å². The number of aryl methyl sites for hydroxylation is 1. The van der Waals surface area contributed by atoms with Crippen LogP contribution in [0, 0.1) is 6.92 Å². The molecular formula is C23H31N3O5S. The first kappa shape index (κ1) is 25.2. The highest BCUT2D eigenvalue weighted by Crippen LogP contribution is 2.24. The minimum atomic E-state index is -3.78. The van der Waals surface area contributed by atoms with Crippen molar-refractivity contribution >= 4 is 27.5 Å². The lowest BCUT2D eigenvalue weighted by Crippen LogP contribution is -2.51. The van der Waals surface area contributed by atoms with Crippen LogP contribution in [0.4, 0.5) is 5.69 Å². The number of sulfonamides is 1. The molecule has 0 aromatic heterocycles. The summed E-state index contributed by atoms with van der Waals surface area (Å²) in [6.45, 7) is 3.52. The highest BCUT2D eigenvalue weighted by molar-refractivity contribution is 7.92. The van der Waals surface area contributed by atoms with Gasteiger partial charge >= 0.3 is 0 Å². The van der Waals surface area contributed by atoms with Gasteiger partial charge in [0.05, 0.1) is 19.1 Å². The smallest absolute Gasteiger partial charge is 0.244 e. The van der Waals surface area contributed by atoms with E-state index in [1.807, 2.05) is 38.1 Å². The first-order valence-corrected chi connectivity index (χ1v) is 12.1. The Bertz CT molecular complexity index is 1040. The summed E-state index contributed by atoms with van der Waals surface area (Å²) in [6, 6.07) is 13.4. The van der Waals surface area contributed by atoms with Crippen LogP contribution >= 0.6 is 0 Å². The molecule has 9 heteroatoms. The highest BCUT2D eigenvalue weighted by Gasteiger charge is 2.31. The molecule has 0 radical (unpaired) electrons.